The van der Waals surface area contributed by atoms with Crippen LogP contribution in [0.5, 0.6) is 0 Å². The predicted molar refractivity (Wildman–Crippen MR) is 100 cm³/mol. The SMILES string of the molecule is NCC(Cc1n[nH]c(=O)n1Cc1ccc(-c2ccn3ncnc3c2)s1)=C(F)F. The fourth-order valence-corrected chi connectivity index (χ4v) is 3.79. The Hall–Kier alpha value is -3.18. The molecule has 0 aromatic carbocycles. The second kappa shape index (κ2) is 7.44. The van der Waals surface area contributed by atoms with E-state index in [2.05, 4.69) is 20.3 Å². The summed E-state index contributed by atoms with van der Waals surface area (Å²) in [6.45, 7) is -0.0636. The Morgan fingerprint density at radius 1 is 1.29 bits per heavy atom. The third-order valence-electron chi connectivity index (χ3n) is 4.26. The van der Waals surface area contributed by atoms with Gasteiger partial charge in [-0.3, -0.25) is 4.57 Å². The van der Waals surface area contributed by atoms with Crippen LogP contribution < -0.4 is 11.4 Å². The summed E-state index contributed by atoms with van der Waals surface area (Å²) in [7, 11) is 0. The van der Waals surface area contributed by atoms with Crippen LogP contribution in [0.4, 0.5) is 8.78 Å². The molecule has 0 saturated carbocycles. The van der Waals surface area contributed by atoms with Crippen molar-refractivity contribution in [1.29, 1.82) is 0 Å². The van der Waals surface area contributed by atoms with Gasteiger partial charge in [0, 0.05) is 34.5 Å². The Labute approximate surface area is 161 Å². The van der Waals surface area contributed by atoms with E-state index in [1.54, 1.807) is 4.52 Å². The number of hydrogen-bond donors (Lipinski definition) is 2. The van der Waals surface area contributed by atoms with Crippen molar-refractivity contribution in [2.75, 3.05) is 6.54 Å². The number of nitrogens with zero attached hydrogens (tertiary/aromatic N) is 5. The van der Waals surface area contributed by atoms with Gasteiger partial charge in [0.1, 0.15) is 12.2 Å². The minimum atomic E-state index is -1.84. The number of nitrogens with two attached hydrogens (primary N) is 1. The average molecular weight is 403 g/mol. The molecule has 144 valence electrons. The number of nitrogens with one attached hydrogen (secondary N) is 1. The highest BCUT2D eigenvalue weighted by Gasteiger charge is 2.15. The minimum Gasteiger partial charge on any atom is -0.327 e. The first kappa shape index (κ1) is 18.2. The summed E-state index contributed by atoms with van der Waals surface area (Å²) in [4.78, 5) is 18.1. The molecule has 0 aliphatic heterocycles. The van der Waals surface area contributed by atoms with Gasteiger partial charge < -0.3 is 5.73 Å². The summed E-state index contributed by atoms with van der Waals surface area (Å²) in [5, 5.41) is 10.2. The van der Waals surface area contributed by atoms with Crippen molar-refractivity contribution in [2.45, 2.75) is 13.0 Å². The van der Waals surface area contributed by atoms with Gasteiger partial charge in [-0.2, -0.15) is 19.0 Å². The number of rotatable bonds is 6. The molecule has 4 heterocycles. The number of aromatic amines is 1. The van der Waals surface area contributed by atoms with E-state index in [0.717, 1.165) is 21.0 Å². The third kappa shape index (κ3) is 3.49. The van der Waals surface area contributed by atoms with E-state index in [-0.39, 0.29) is 30.9 Å². The lowest BCUT2D eigenvalue weighted by atomic mass is 10.2. The van der Waals surface area contributed by atoms with Crippen LogP contribution in [0.3, 0.4) is 0 Å². The second-order valence-corrected chi connectivity index (χ2v) is 7.19. The number of aromatic nitrogens is 6. The minimum absolute atomic E-state index is 0.181. The van der Waals surface area contributed by atoms with E-state index in [1.807, 2.05) is 30.5 Å². The zero-order chi connectivity index (χ0) is 19.7. The maximum Gasteiger partial charge on any atom is 0.343 e. The zero-order valence-electron chi connectivity index (χ0n) is 14.5. The number of H-pyrrole nitrogens is 1. The van der Waals surface area contributed by atoms with E-state index >= 15 is 0 Å². The molecule has 0 fully saturated rings. The fraction of sp³-hybridized carbons (Fsp3) is 0.176. The van der Waals surface area contributed by atoms with Gasteiger partial charge in [-0.1, -0.05) is 0 Å². The summed E-state index contributed by atoms with van der Waals surface area (Å²) in [5.41, 5.74) is 6.37. The van der Waals surface area contributed by atoms with Crippen molar-refractivity contribution in [3.05, 3.63) is 69.6 Å². The molecule has 0 radical (unpaired) electrons. The van der Waals surface area contributed by atoms with Crippen molar-refractivity contribution >= 4 is 17.0 Å². The van der Waals surface area contributed by atoms with Crippen LogP contribution in [0.25, 0.3) is 16.1 Å². The number of pyridine rings is 1. The summed E-state index contributed by atoms with van der Waals surface area (Å²) >= 11 is 1.50. The summed E-state index contributed by atoms with van der Waals surface area (Å²) in [6, 6.07) is 7.68. The molecule has 3 N–H and O–H groups in total. The smallest absolute Gasteiger partial charge is 0.327 e. The standard InChI is InChI=1S/C17H15F2N7OS/c18-16(19)11(7-20)6-15-23-24-17(27)25(15)8-12-1-2-13(28-12)10-3-4-26-14(5-10)21-9-22-26/h1-5,9H,6-8,20H2,(H,24,27). The van der Waals surface area contributed by atoms with Gasteiger partial charge in [-0.05, 0) is 29.8 Å². The number of thiophene rings is 1. The average Bonchev–Trinajstić information content (AvgIpc) is 3.41. The first-order valence-electron chi connectivity index (χ1n) is 8.31. The molecule has 0 atom stereocenters. The Morgan fingerprint density at radius 3 is 2.93 bits per heavy atom. The van der Waals surface area contributed by atoms with Gasteiger partial charge >= 0.3 is 5.69 Å². The molecule has 4 aromatic rings. The van der Waals surface area contributed by atoms with Crippen LogP contribution >= 0.6 is 11.3 Å². The zero-order valence-corrected chi connectivity index (χ0v) is 15.3. The molecule has 0 bridgehead atoms. The van der Waals surface area contributed by atoms with Gasteiger partial charge in [-0.25, -0.2) is 19.4 Å². The second-order valence-electron chi connectivity index (χ2n) is 6.02. The lowest BCUT2D eigenvalue weighted by Crippen LogP contribution is -2.20. The van der Waals surface area contributed by atoms with Crippen LogP contribution in [0, 0.1) is 0 Å². The molecule has 0 spiro atoms. The molecular formula is C17H15F2N7OS. The first-order chi connectivity index (χ1) is 13.5. The molecular weight excluding hydrogens is 388 g/mol. The van der Waals surface area contributed by atoms with Gasteiger partial charge in [-0.15, -0.1) is 11.3 Å². The Bertz CT molecular complexity index is 1220. The molecule has 4 rings (SSSR count). The molecule has 0 saturated heterocycles. The van der Waals surface area contributed by atoms with E-state index in [1.165, 1.54) is 22.2 Å². The highest BCUT2D eigenvalue weighted by atomic mass is 32.1. The van der Waals surface area contributed by atoms with Crippen molar-refractivity contribution < 1.29 is 8.78 Å². The van der Waals surface area contributed by atoms with E-state index in [0.29, 0.717) is 0 Å². The Kier molecular flexibility index (Phi) is 4.84. The maximum atomic E-state index is 12.9. The van der Waals surface area contributed by atoms with Crippen molar-refractivity contribution in [3.63, 3.8) is 0 Å². The van der Waals surface area contributed by atoms with Gasteiger partial charge in [0.2, 0.25) is 0 Å². The van der Waals surface area contributed by atoms with E-state index < -0.39 is 11.8 Å². The van der Waals surface area contributed by atoms with Crippen molar-refractivity contribution in [2.24, 2.45) is 5.73 Å². The lowest BCUT2D eigenvalue weighted by molar-refractivity contribution is 0.407. The van der Waals surface area contributed by atoms with Gasteiger partial charge in [0.05, 0.1) is 6.54 Å². The molecule has 0 amide bonds. The lowest BCUT2D eigenvalue weighted by Gasteiger charge is -2.05. The molecule has 0 aliphatic carbocycles. The predicted octanol–water partition coefficient (Wildman–Crippen LogP) is 2.04. The molecule has 0 aliphatic rings. The normalized spacial score (nSPS) is 11.2. The Balaban J connectivity index is 1.60. The van der Waals surface area contributed by atoms with Gasteiger partial charge in [0.15, 0.2) is 5.65 Å². The molecule has 4 aromatic heterocycles. The van der Waals surface area contributed by atoms with Crippen LogP contribution in [-0.2, 0) is 13.0 Å². The van der Waals surface area contributed by atoms with E-state index in [9.17, 15) is 13.6 Å². The molecule has 8 nitrogen and oxygen atoms in total. The Morgan fingerprint density at radius 2 is 2.14 bits per heavy atom. The molecule has 0 unspecified atom stereocenters. The summed E-state index contributed by atoms with van der Waals surface area (Å²) < 4.78 is 28.8. The highest BCUT2D eigenvalue weighted by Crippen LogP contribution is 2.29. The molecule has 28 heavy (non-hydrogen) atoms. The largest absolute Gasteiger partial charge is 0.343 e. The third-order valence-corrected chi connectivity index (χ3v) is 5.38. The number of hydrogen-bond acceptors (Lipinski definition) is 6. The quantitative estimate of drug-likeness (QED) is 0.512. The van der Waals surface area contributed by atoms with Crippen molar-refractivity contribution in [1.82, 2.24) is 29.4 Å². The van der Waals surface area contributed by atoms with Crippen LogP contribution in [0.2, 0.25) is 0 Å². The highest BCUT2D eigenvalue weighted by molar-refractivity contribution is 7.15. The molecule has 11 heteroatoms. The number of halogens is 2. The summed E-state index contributed by atoms with van der Waals surface area (Å²) in [5.74, 6) is 0.220. The monoisotopic (exact) mass is 403 g/mol. The number of fused-ring (bicyclic) bond motifs is 1. The van der Waals surface area contributed by atoms with Gasteiger partial charge in [0.25, 0.3) is 6.08 Å². The maximum absolute atomic E-state index is 12.9. The van der Waals surface area contributed by atoms with Crippen molar-refractivity contribution in [3.8, 4) is 10.4 Å². The van der Waals surface area contributed by atoms with Crippen LogP contribution in [-0.4, -0.2) is 35.9 Å². The topological polar surface area (TPSA) is 107 Å². The van der Waals surface area contributed by atoms with Crippen LogP contribution in [0.1, 0.15) is 10.7 Å². The fourth-order valence-electron chi connectivity index (χ4n) is 2.80. The summed E-state index contributed by atoms with van der Waals surface area (Å²) in [6.07, 6.45) is 1.28. The van der Waals surface area contributed by atoms with Crippen LogP contribution in [0.15, 0.2) is 53.2 Å². The first-order valence-corrected chi connectivity index (χ1v) is 9.12. The van der Waals surface area contributed by atoms with E-state index in [4.69, 9.17) is 5.73 Å².